The molecule has 0 spiro atoms. The molecule has 2 rings (SSSR count). The second-order valence-electron chi connectivity index (χ2n) is 5.52. The highest BCUT2D eigenvalue weighted by molar-refractivity contribution is 5.97. The Morgan fingerprint density at radius 2 is 1.92 bits per heavy atom. The lowest BCUT2D eigenvalue weighted by Crippen LogP contribution is -2.47. The number of hydrogen-bond donors (Lipinski definition) is 0. The first kappa shape index (κ1) is 18.2. The zero-order chi connectivity index (χ0) is 18.3. The number of carbonyl (C=O) groups is 1. The van der Waals surface area contributed by atoms with Crippen molar-refractivity contribution in [2.24, 2.45) is 5.92 Å². The minimum atomic E-state index is -4.79. The van der Waals surface area contributed by atoms with Crippen LogP contribution in [0.25, 0.3) is 5.57 Å². The Morgan fingerprint density at radius 1 is 1.29 bits per heavy atom. The monoisotopic (exact) mass is 350 g/mol. The van der Waals surface area contributed by atoms with Gasteiger partial charge in [-0.1, -0.05) is 13.0 Å². The molecule has 8 heteroatoms. The number of esters is 1. The summed E-state index contributed by atoms with van der Waals surface area (Å²) in [5, 5.41) is 0. The fourth-order valence-corrected chi connectivity index (χ4v) is 2.52. The van der Waals surface area contributed by atoms with Crippen LogP contribution in [0.15, 0.2) is 24.0 Å². The molecule has 0 amide bonds. The first-order chi connectivity index (χ1) is 11.0. The molecule has 1 aromatic rings. The van der Waals surface area contributed by atoms with Crippen LogP contribution >= 0.6 is 0 Å². The fraction of sp³-hybridized carbons (Fsp3) is 0.438. The molecule has 0 saturated heterocycles. The highest BCUT2D eigenvalue weighted by atomic mass is 19.4. The van der Waals surface area contributed by atoms with E-state index in [4.69, 9.17) is 9.47 Å². The quantitative estimate of drug-likeness (QED) is 0.605. The summed E-state index contributed by atoms with van der Waals surface area (Å²) in [7, 11) is 0. The molecular weight excluding hydrogens is 335 g/mol. The second kappa shape index (κ2) is 6.07. The van der Waals surface area contributed by atoms with E-state index in [9.17, 15) is 26.7 Å². The smallest absolute Gasteiger partial charge is 0.428 e. The number of benzene rings is 1. The molecule has 0 N–H and O–H groups in total. The Kier molecular flexibility index (Phi) is 4.61. The van der Waals surface area contributed by atoms with Crippen molar-refractivity contribution < 1.29 is 36.2 Å². The molecule has 1 aromatic carbocycles. The van der Waals surface area contributed by atoms with Crippen LogP contribution in [0.2, 0.25) is 0 Å². The SMILES string of the molecule is CCOC(=O)C1=C(c2ccc(F)c(F)c2)C(C)C(C)(C(F)(F)F)O1. The maximum absolute atomic E-state index is 13.5. The Balaban J connectivity index is 2.61. The Labute approximate surface area is 135 Å². The maximum Gasteiger partial charge on any atom is 0.428 e. The van der Waals surface area contributed by atoms with E-state index < -0.39 is 41.1 Å². The van der Waals surface area contributed by atoms with Gasteiger partial charge in [-0.05, 0) is 31.5 Å². The zero-order valence-corrected chi connectivity index (χ0v) is 13.1. The van der Waals surface area contributed by atoms with Crippen molar-refractivity contribution in [3.63, 3.8) is 0 Å². The van der Waals surface area contributed by atoms with Gasteiger partial charge in [-0.2, -0.15) is 13.2 Å². The molecule has 3 nitrogen and oxygen atoms in total. The standard InChI is InChI=1S/C16H15F5O3/c1-4-23-14(22)13-12(9-5-6-10(17)11(18)7-9)8(2)15(3,24-13)16(19,20)21/h5-8H,4H2,1-3H3. The van der Waals surface area contributed by atoms with Crippen molar-refractivity contribution in [2.45, 2.75) is 32.5 Å². The summed E-state index contributed by atoms with van der Waals surface area (Å²) in [6, 6.07) is 2.59. The summed E-state index contributed by atoms with van der Waals surface area (Å²) in [6.45, 7) is 3.41. The van der Waals surface area contributed by atoms with Gasteiger partial charge in [0.15, 0.2) is 11.6 Å². The first-order valence-electron chi connectivity index (χ1n) is 7.15. The minimum Gasteiger partial charge on any atom is -0.470 e. The summed E-state index contributed by atoms with van der Waals surface area (Å²) in [5.41, 5.74) is -2.93. The van der Waals surface area contributed by atoms with E-state index in [0.717, 1.165) is 25.1 Å². The number of alkyl halides is 3. The highest BCUT2D eigenvalue weighted by Crippen LogP contribution is 2.52. The number of halogens is 5. The third-order valence-corrected chi connectivity index (χ3v) is 4.07. The zero-order valence-electron chi connectivity index (χ0n) is 13.1. The summed E-state index contributed by atoms with van der Waals surface area (Å²) in [6.07, 6.45) is -4.79. The van der Waals surface area contributed by atoms with Crippen molar-refractivity contribution in [2.75, 3.05) is 6.61 Å². The van der Waals surface area contributed by atoms with Gasteiger partial charge in [0.25, 0.3) is 0 Å². The van der Waals surface area contributed by atoms with Gasteiger partial charge in [0.1, 0.15) is 0 Å². The fourth-order valence-electron chi connectivity index (χ4n) is 2.52. The normalized spacial score (nSPS) is 24.1. The van der Waals surface area contributed by atoms with Crippen molar-refractivity contribution >= 4 is 11.5 Å². The number of rotatable bonds is 3. The lowest BCUT2D eigenvalue weighted by Gasteiger charge is -2.32. The van der Waals surface area contributed by atoms with E-state index >= 15 is 0 Å². The molecule has 0 radical (unpaired) electrons. The molecule has 132 valence electrons. The lowest BCUT2D eigenvalue weighted by molar-refractivity contribution is -0.262. The molecule has 0 saturated carbocycles. The van der Waals surface area contributed by atoms with Crippen LogP contribution in [0.5, 0.6) is 0 Å². The lowest BCUT2D eigenvalue weighted by atomic mass is 9.82. The third kappa shape index (κ3) is 2.85. The predicted molar refractivity (Wildman–Crippen MR) is 74.6 cm³/mol. The van der Waals surface area contributed by atoms with Crippen LogP contribution in [-0.4, -0.2) is 24.4 Å². The second-order valence-corrected chi connectivity index (χ2v) is 5.52. The van der Waals surface area contributed by atoms with Gasteiger partial charge in [0, 0.05) is 11.5 Å². The average molecular weight is 350 g/mol. The van der Waals surface area contributed by atoms with Gasteiger partial charge in [-0.3, -0.25) is 0 Å². The van der Waals surface area contributed by atoms with Gasteiger partial charge in [-0.25, -0.2) is 13.6 Å². The van der Waals surface area contributed by atoms with Gasteiger partial charge in [0.2, 0.25) is 11.4 Å². The van der Waals surface area contributed by atoms with Crippen molar-refractivity contribution in [3.8, 4) is 0 Å². The van der Waals surface area contributed by atoms with E-state index in [1.54, 1.807) is 0 Å². The molecule has 1 aliphatic heterocycles. The van der Waals surface area contributed by atoms with Crippen LogP contribution in [0.1, 0.15) is 26.3 Å². The van der Waals surface area contributed by atoms with Crippen LogP contribution in [0.3, 0.4) is 0 Å². The first-order valence-corrected chi connectivity index (χ1v) is 7.15. The Morgan fingerprint density at radius 3 is 2.42 bits per heavy atom. The molecule has 24 heavy (non-hydrogen) atoms. The summed E-state index contributed by atoms with van der Waals surface area (Å²) < 4.78 is 76.5. The van der Waals surface area contributed by atoms with Crippen molar-refractivity contribution in [3.05, 3.63) is 41.2 Å². The molecule has 1 heterocycles. The van der Waals surface area contributed by atoms with Crippen LogP contribution in [0.4, 0.5) is 22.0 Å². The van der Waals surface area contributed by atoms with E-state index in [-0.39, 0.29) is 17.7 Å². The molecule has 0 aromatic heterocycles. The summed E-state index contributed by atoms with van der Waals surface area (Å²) >= 11 is 0. The summed E-state index contributed by atoms with van der Waals surface area (Å²) in [4.78, 5) is 12.0. The van der Waals surface area contributed by atoms with Gasteiger partial charge < -0.3 is 9.47 Å². The van der Waals surface area contributed by atoms with Crippen LogP contribution < -0.4 is 0 Å². The van der Waals surface area contributed by atoms with Gasteiger partial charge in [-0.15, -0.1) is 0 Å². The van der Waals surface area contributed by atoms with Gasteiger partial charge in [0.05, 0.1) is 6.61 Å². The van der Waals surface area contributed by atoms with E-state index in [2.05, 4.69) is 0 Å². The highest BCUT2D eigenvalue weighted by Gasteiger charge is 2.62. The molecule has 2 unspecified atom stereocenters. The molecule has 0 aliphatic carbocycles. The van der Waals surface area contributed by atoms with Crippen LogP contribution in [0, 0.1) is 17.6 Å². The molecule has 2 atom stereocenters. The topological polar surface area (TPSA) is 35.5 Å². The maximum atomic E-state index is 13.5. The average Bonchev–Trinajstić information content (AvgIpc) is 2.76. The summed E-state index contributed by atoms with van der Waals surface area (Å²) in [5.74, 6) is -5.45. The molecule has 0 bridgehead atoms. The molecule has 1 aliphatic rings. The Bertz CT molecular complexity index is 695. The van der Waals surface area contributed by atoms with Crippen molar-refractivity contribution in [1.82, 2.24) is 0 Å². The van der Waals surface area contributed by atoms with E-state index in [1.807, 2.05) is 0 Å². The number of hydrogen-bond acceptors (Lipinski definition) is 3. The number of carbonyl (C=O) groups excluding carboxylic acids is 1. The van der Waals surface area contributed by atoms with Crippen molar-refractivity contribution in [1.29, 1.82) is 0 Å². The molecular formula is C16H15F5O3. The van der Waals surface area contributed by atoms with Crippen LogP contribution in [-0.2, 0) is 14.3 Å². The largest absolute Gasteiger partial charge is 0.470 e. The predicted octanol–water partition coefficient (Wildman–Crippen LogP) is 4.23. The minimum absolute atomic E-state index is 0.0718. The molecule has 0 fully saturated rings. The Hall–Kier alpha value is -2.12. The van der Waals surface area contributed by atoms with Gasteiger partial charge >= 0.3 is 12.1 Å². The van der Waals surface area contributed by atoms with E-state index in [0.29, 0.717) is 0 Å². The number of ether oxygens (including phenoxy) is 2. The third-order valence-electron chi connectivity index (χ3n) is 4.07. The van der Waals surface area contributed by atoms with E-state index in [1.165, 1.54) is 13.8 Å².